The average molecular weight is 511 g/mol. The molecule has 0 spiro atoms. The third kappa shape index (κ3) is 7.43. The third-order valence-electron chi connectivity index (χ3n) is 7.27. The van der Waals surface area contributed by atoms with E-state index >= 15 is 0 Å². The van der Waals surface area contributed by atoms with Crippen LogP contribution < -0.4 is 0 Å². The van der Waals surface area contributed by atoms with Gasteiger partial charge in [-0.05, 0) is 68.4 Å². The quantitative estimate of drug-likeness (QED) is 0.144. The minimum atomic E-state index is -1.10. The molecule has 2 aromatic heterocycles. The van der Waals surface area contributed by atoms with Crippen molar-refractivity contribution in [3.05, 3.63) is 66.4 Å². The van der Waals surface area contributed by atoms with E-state index in [1.807, 2.05) is 6.08 Å². The summed E-state index contributed by atoms with van der Waals surface area (Å²) in [5.41, 5.74) is 0.343. The van der Waals surface area contributed by atoms with E-state index in [1.165, 1.54) is 18.9 Å². The normalized spacial score (nSPS) is 21.2. The number of alkyl halides is 1. The SMILES string of the molecule is C=C/C(=C\C(F)=C(/CF)C(=O)C1CC1)OCC[C@@H]1C[C@@H]1C(CCC)CC/C=C/c1nc2cnccn2n1. The van der Waals surface area contributed by atoms with Gasteiger partial charge in [0.1, 0.15) is 18.3 Å². The number of hydrogen-bond donors (Lipinski definition) is 0. The highest BCUT2D eigenvalue weighted by Crippen LogP contribution is 2.49. The van der Waals surface area contributed by atoms with Crippen LogP contribution in [0.3, 0.4) is 0 Å². The smallest absolute Gasteiger partial charge is 0.174 e. The van der Waals surface area contributed by atoms with Gasteiger partial charge in [-0.1, -0.05) is 32.4 Å². The van der Waals surface area contributed by atoms with Crippen molar-refractivity contribution in [2.45, 2.75) is 58.3 Å². The van der Waals surface area contributed by atoms with Crippen LogP contribution in [0.25, 0.3) is 11.7 Å². The van der Waals surface area contributed by atoms with E-state index in [4.69, 9.17) is 4.74 Å². The summed E-state index contributed by atoms with van der Waals surface area (Å²) in [5.74, 6) is 1.35. The van der Waals surface area contributed by atoms with Crippen LogP contribution in [-0.2, 0) is 9.53 Å². The Morgan fingerprint density at radius 3 is 2.89 bits per heavy atom. The first-order valence-electron chi connectivity index (χ1n) is 13.3. The third-order valence-corrected chi connectivity index (χ3v) is 7.27. The number of aromatic nitrogens is 4. The molecule has 198 valence electrons. The molecule has 2 aliphatic carbocycles. The molecular weight excluding hydrogens is 474 g/mol. The first-order valence-corrected chi connectivity index (χ1v) is 13.3. The number of carbonyl (C=O) groups is 1. The summed E-state index contributed by atoms with van der Waals surface area (Å²) < 4.78 is 35.2. The summed E-state index contributed by atoms with van der Waals surface area (Å²) in [6, 6.07) is 0. The Morgan fingerprint density at radius 1 is 1.35 bits per heavy atom. The van der Waals surface area contributed by atoms with E-state index in [-0.39, 0.29) is 11.7 Å². The van der Waals surface area contributed by atoms with Gasteiger partial charge in [-0.15, -0.1) is 5.10 Å². The molecule has 0 amide bonds. The number of carbonyl (C=O) groups excluding carboxylic acids is 1. The van der Waals surface area contributed by atoms with Gasteiger partial charge in [0.15, 0.2) is 17.3 Å². The van der Waals surface area contributed by atoms with E-state index < -0.39 is 23.9 Å². The van der Waals surface area contributed by atoms with Gasteiger partial charge in [0.2, 0.25) is 0 Å². The van der Waals surface area contributed by atoms with E-state index in [2.05, 4.69) is 34.6 Å². The Labute approximate surface area is 217 Å². The van der Waals surface area contributed by atoms with Crippen LogP contribution in [0.2, 0.25) is 0 Å². The Bertz CT molecular complexity index is 1150. The molecule has 0 aliphatic heterocycles. The molecule has 8 heteroatoms. The maximum atomic E-state index is 14.5. The zero-order chi connectivity index (χ0) is 26.2. The van der Waals surface area contributed by atoms with Crippen LogP contribution >= 0.6 is 0 Å². The highest BCUT2D eigenvalue weighted by molar-refractivity contribution is 5.99. The van der Waals surface area contributed by atoms with Crippen molar-refractivity contribution < 1.29 is 18.3 Å². The molecule has 2 saturated carbocycles. The fourth-order valence-corrected chi connectivity index (χ4v) is 4.99. The molecule has 4 rings (SSSR count). The first-order chi connectivity index (χ1) is 18.0. The van der Waals surface area contributed by atoms with Gasteiger partial charge in [0.05, 0.1) is 18.4 Å². The van der Waals surface area contributed by atoms with Gasteiger partial charge in [0.25, 0.3) is 0 Å². The summed E-state index contributed by atoms with van der Waals surface area (Å²) in [6.07, 6.45) is 19.7. The average Bonchev–Trinajstić information content (AvgIpc) is 3.83. The van der Waals surface area contributed by atoms with Crippen LogP contribution in [-0.4, -0.2) is 38.6 Å². The molecular formula is C29H36F2N4O2. The second-order valence-electron chi connectivity index (χ2n) is 10.0. The number of ketones is 1. The molecule has 3 atom stereocenters. The minimum Gasteiger partial charge on any atom is -0.494 e. The van der Waals surface area contributed by atoms with Crippen molar-refractivity contribution >= 4 is 17.5 Å². The maximum Gasteiger partial charge on any atom is 0.174 e. The lowest BCUT2D eigenvalue weighted by Gasteiger charge is -2.15. The summed E-state index contributed by atoms with van der Waals surface area (Å²) >= 11 is 0. The Hall–Kier alpha value is -3.16. The van der Waals surface area contributed by atoms with Crippen LogP contribution in [0.4, 0.5) is 8.78 Å². The van der Waals surface area contributed by atoms with Gasteiger partial charge < -0.3 is 4.74 Å². The second-order valence-corrected chi connectivity index (χ2v) is 10.0. The molecule has 6 nitrogen and oxygen atoms in total. The van der Waals surface area contributed by atoms with Crippen molar-refractivity contribution in [2.24, 2.45) is 23.7 Å². The molecule has 2 aromatic rings. The highest BCUT2D eigenvalue weighted by atomic mass is 19.1. The summed E-state index contributed by atoms with van der Waals surface area (Å²) in [4.78, 5) is 20.6. The zero-order valence-electron chi connectivity index (χ0n) is 21.5. The molecule has 0 aromatic carbocycles. The highest BCUT2D eigenvalue weighted by Gasteiger charge is 2.41. The van der Waals surface area contributed by atoms with Crippen molar-refractivity contribution in [3.8, 4) is 0 Å². The minimum absolute atomic E-state index is 0.225. The van der Waals surface area contributed by atoms with E-state index in [9.17, 15) is 13.6 Å². The zero-order valence-corrected chi connectivity index (χ0v) is 21.5. The Balaban J connectivity index is 1.22. The van der Waals surface area contributed by atoms with Crippen LogP contribution in [0.15, 0.2) is 60.6 Å². The fourth-order valence-electron chi connectivity index (χ4n) is 4.99. The molecule has 0 saturated heterocycles. The topological polar surface area (TPSA) is 69.4 Å². The monoisotopic (exact) mass is 510 g/mol. The van der Waals surface area contributed by atoms with Crippen molar-refractivity contribution in [1.82, 2.24) is 19.6 Å². The largest absolute Gasteiger partial charge is 0.494 e. The first kappa shape index (κ1) is 26.9. The molecule has 37 heavy (non-hydrogen) atoms. The summed E-state index contributed by atoms with van der Waals surface area (Å²) in [5, 5.41) is 4.42. The van der Waals surface area contributed by atoms with Gasteiger partial charge >= 0.3 is 0 Å². The lowest BCUT2D eigenvalue weighted by atomic mass is 9.91. The second kappa shape index (κ2) is 12.9. The number of fused-ring (bicyclic) bond motifs is 1. The molecule has 1 unspecified atom stereocenters. The molecule has 2 aliphatic rings. The van der Waals surface area contributed by atoms with Crippen LogP contribution in [0.5, 0.6) is 0 Å². The predicted octanol–water partition coefficient (Wildman–Crippen LogP) is 6.62. The van der Waals surface area contributed by atoms with Crippen molar-refractivity contribution in [3.63, 3.8) is 0 Å². The number of hydrogen-bond acceptors (Lipinski definition) is 5. The molecule has 0 radical (unpaired) electrons. The molecule has 2 heterocycles. The van der Waals surface area contributed by atoms with Crippen LogP contribution in [0.1, 0.15) is 64.1 Å². The van der Waals surface area contributed by atoms with E-state index in [0.29, 0.717) is 43.0 Å². The van der Waals surface area contributed by atoms with Gasteiger partial charge in [-0.25, -0.2) is 18.3 Å². The number of Topliss-reactive ketones (excluding diaryl/α,β-unsaturated/α-hetero) is 1. The number of rotatable bonds is 16. The summed E-state index contributed by atoms with van der Waals surface area (Å²) in [7, 11) is 0. The van der Waals surface area contributed by atoms with E-state index in [1.54, 1.807) is 23.1 Å². The Morgan fingerprint density at radius 2 is 2.19 bits per heavy atom. The standard InChI is InChI=1S/C29H36F2N4O2/c1-3-7-20(8-5-6-9-27-33-28-19-32-13-14-35(28)34-27)24-16-22(24)12-15-37-23(4-2)17-26(31)25(18-30)29(36)21-10-11-21/h4,6,9,13-14,17,19-22,24H,2-3,5,7-8,10-12,15-16,18H2,1H3/b9-6+,23-17+,26-25-/t20?,22-,24-/m1/s1. The van der Waals surface area contributed by atoms with Gasteiger partial charge in [-0.2, -0.15) is 0 Å². The van der Waals surface area contributed by atoms with Gasteiger partial charge in [0, 0.05) is 24.4 Å². The fraction of sp³-hybridized carbons (Fsp3) is 0.517. The summed E-state index contributed by atoms with van der Waals surface area (Å²) in [6.45, 7) is 5.23. The number of ether oxygens (including phenoxy) is 1. The Kier molecular flexibility index (Phi) is 9.36. The van der Waals surface area contributed by atoms with Gasteiger partial charge in [-0.3, -0.25) is 9.78 Å². The molecule has 0 bridgehead atoms. The maximum absolute atomic E-state index is 14.5. The lowest BCUT2D eigenvalue weighted by molar-refractivity contribution is -0.117. The van der Waals surface area contributed by atoms with Crippen molar-refractivity contribution in [2.75, 3.05) is 13.3 Å². The van der Waals surface area contributed by atoms with E-state index in [0.717, 1.165) is 37.4 Å². The van der Waals surface area contributed by atoms with Crippen LogP contribution in [0, 0.1) is 23.7 Å². The molecule has 2 fully saturated rings. The number of allylic oxidation sites excluding steroid dienone is 5. The predicted molar refractivity (Wildman–Crippen MR) is 140 cm³/mol. The van der Waals surface area contributed by atoms with Crippen molar-refractivity contribution in [1.29, 1.82) is 0 Å². The number of nitrogens with zero attached hydrogens (tertiary/aromatic N) is 4. The molecule has 0 N–H and O–H groups in total. The number of halogens is 2. The lowest BCUT2D eigenvalue weighted by Crippen LogP contribution is -2.08.